The number of anilines is 1. The molecular weight excluding hydrogens is 244 g/mol. The Morgan fingerprint density at radius 3 is 2.53 bits per heavy atom. The van der Waals surface area contributed by atoms with Gasteiger partial charge in [-0.15, -0.1) is 0 Å². The summed E-state index contributed by atoms with van der Waals surface area (Å²) in [6.07, 6.45) is 0. The quantitative estimate of drug-likeness (QED) is 0.846. The van der Waals surface area contributed by atoms with Crippen LogP contribution in [0.3, 0.4) is 0 Å². The van der Waals surface area contributed by atoms with E-state index >= 15 is 0 Å². The molecule has 0 radical (unpaired) electrons. The number of carboxylic acid groups (broad SMARTS) is 1. The molecular formula is C14H20N2O3. The molecule has 0 saturated heterocycles. The van der Waals surface area contributed by atoms with Crippen molar-refractivity contribution in [2.24, 2.45) is 5.92 Å². The number of aromatic carboxylic acids is 1. The van der Waals surface area contributed by atoms with E-state index in [-0.39, 0.29) is 17.4 Å². The molecule has 0 aliphatic rings. The van der Waals surface area contributed by atoms with E-state index < -0.39 is 5.97 Å². The number of hydrogen-bond acceptors (Lipinski definition) is 3. The first kappa shape index (κ1) is 15.0. The minimum Gasteiger partial charge on any atom is -0.478 e. The Kier molecular flexibility index (Phi) is 4.92. The molecule has 1 unspecified atom stereocenters. The summed E-state index contributed by atoms with van der Waals surface area (Å²) in [5.41, 5.74) is 2.08. The molecule has 0 aromatic heterocycles. The number of nitrogens with zero attached hydrogens (tertiary/aromatic N) is 1. The molecule has 5 nitrogen and oxygen atoms in total. The fourth-order valence-electron chi connectivity index (χ4n) is 2.06. The lowest BCUT2D eigenvalue weighted by molar-refractivity contribution is -0.123. The maximum atomic E-state index is 11.5. The van der Waals surface area contributed by atoms with E-state index in [2.05, 4.69) is 5.32 Å². The molecule has 1 rings (SSSR count). The van der Waals surface area contributed by atoms with Crippen LogP contribution in [0.5, 0.6) is 0 Å². The van der Waals surface area contributed by atoms with Crippen LogP contribution in [0, 0.1) is 12.8 Å². The van der Waals surface area contributed by atoms with Gasteiger partial charge >= 0.3 is 5.97 Å². The third-order valence-electron chi connectivity index (χ3n) is 3.10. The number of nitrogens with one attached hydrogen (secondary N) is 1. The molecule has 1 aromatic carbocycles. The molecule has 1 atom stereocenters. The highest BCUT2D eigenvalue weighted by Gasteiger charge is 2.15. The molecule has 104 valence electrons. The van der Waals surface area contributed by atoms with Gasteiger partial charge in [-0.1, -0.05) is 6.92 Å². The third-order valence-corrected chi connectivity index (χ3v) is 3.10. The molecule has 0 spiro atoms. The largest absolute Gasteiger partial charge is 0.478 e. The van der Waals surface area contributed by atoms with E-state index in [9.17, 15) is 9.59 Å². The van der Waals surface area contributed by atoms with E-state index in [0.717, 1.165) is 11.3 Å². The van der Waals surface area contributed by atoms with Crippen LogP contribution in [-0.2, 0) is 4.79 Å². The number of carbonyl (C=O) groups excluding carboxylic acids is 1. The zero-order chi connectivity index (χ0) is 14.6. The monoisotopic (exact) mass is 264 g/mol. The van der Waals surface area contributed by atoms with Crippen molar-refractivity contribution in [3.63, 3.8) is 0 Å². The Balaban J connectivity index is 2.85. The SMILES string of the molecule is CNC(=O)C(C)CN(C)c1ccc(C(=O)O)cc1C. The molecule has 2 N–H and O–H groups in total. The average molecular weight is 264 g/mol. The van der Waals surface area contributed by atoms with Gasteiger partial charge in [-0.25, -0.2) is 4.79 Å². The van der Waals surface area contributed by atoms with Gasteiger partial charge in [0.25, 0.3) is 0 Å². The van der Waals surface area contributed by atoms with Gasteiger partial charge in [0, 0.05) is 26.3 Å². The van der Waals surface area contributed by atoms with Crippen molar-refractivity contribution in [1.29, 1.82) is 0 Å². The van der Waals surface area contributed by atoms with Gasteiger partial charge in [0.05, 0.1) is 11.5 Å². The fraction of sp³-hybridized carbons (Fsp3) is 0.429. The Morgan fingerprint density at radius 2 is 2.05 bits per heavy atom. The predicted octanol–water partition coefficient (Wildman–Crippen LogP) is 1.51. The van der Waals surface area contributed by atoms with Crippen LogP contribution < -0.4 is 10.2 Å². The molecule has 5 heteroatoms. The summed E-state index contributed by atoms with van der Waals surface area (Å²) in [6.45, 7) is 4.30. The number of hydrogen-bond donors (Lipinski definition) is 2. The third kappa shape index (κ3) is 3.71. The van der Waals surface area contributed by atoms with Crippen LogP contribution in [0.25, 0.3) is 0 Å². The summed E-state index contributed by atoms with van der Waals surface area (Å²) in [6, 6.07) is 4.99. The van der Waals surface area contributed by atoms with Crippen molar-refractivity contribution in [2.75, 3.05) is 25.5 Å². The molecule has 0 fully saturated rings. The molecule has 0 saturated carbocycles. The number of rotatable bonds is 5. The normalized spacial score (nSPS) is 11.8. The van der Waals surface area contributed by atoms with Crippen molar-refractivity contribution < 1.29 is 14.7 Å². The molecule has 0 aliphatic carbocycles. The van der Waals surface area contributed by atoms with Crippen molar-refractivity contribution in [3.05, 3.63) is 29.3 Å². The topological polar surface area (TPSA) is 69.6 Å². The second kappa shape index (κ2) is 6.22. The van der Waals surface area contributed by atoms with Crippen LogP contribution in [0.1, 0.15) is 22.8 Å². The summed E-state index contributed by atoms with van der Waals surface area (Å²) in [7, 11) is 3.51. The Hall–Kier alpha value is -2.04. The number of benzene rings is 1. The van der Waals surface area contributed by atoms with Gasteiger partial charge < -0.3 is 15.3 Å². The van der Waals surface area contributed by atoms with Gasteiger partial charge in [0.2, 0.25) is 5.91 Å². The van der Waals surface area contributed by atoms with Gasteiger partial charge in [-0.05, 0) is 30.7 Å². The molecule has 1 amide bonds. The zero-order valence-corrected chi connectivity index (χ0v) is 11.7. The maximum absolute atomic E-state index is 11.5. The second-order valence-electron chi connectivity index (χ2n) is 4.70. The minimum absolute atomic E-state index is 0.00772. The Morgan fingerprint density at radius 1 is 1.42 bits per heavy atom. The fourth-order valence-corrected chi connectivity index (χ4v) is 2.06. The van der Waals surface area contributed by atoms with E-state index in [1.54, 1.807) is 25.2 Å². The number of carboxylic acids is 1. The van der Waals surface area contributed by atoms with Crippen molar-refractivity contribution in [1.82, 2.24) is 5.32 Å². The summed E-state index contributed by atoms with van der Waals surface area (Å²) >= 11 is 0. The van der Waals surface area contributed by atoms with Crippen LogP contribution in [0.4, 0.5) is 5.69 Å². The highest BCUT2D eigenvalue weighted by Crippen LogP contribution is 2.21. The molecule has 0 aliphatic heterocycles. The van der Waals surface area contributed by atoms with E-state index in [4.69, 9.17) is 5.11 Å². The van der Waals surface area contributed by atoms with Gasteiger partial charge in [-0.2, -0.15) is 0 Å². The van der Waals surface area contributed by atoms with Crippen molar-refractivity contribution in [2.45, 2.75) is 13.8 Å². The van der Waals surface area contributed by atoms with Crippen molar-refractivity contribution >= 4 is 17.6 Å². The smallest absolute Gasteiger partial charge is 0.335 e. The summed E-state index contributed by atoms with van der Waals surface area (Å²) < 4.78 is 0. The summed E-state index contributed by atoms with van der Waals surface area (Å²) in [4.78, 5) is 24.3. The Bertz CT molecular complexity index is 486. The van der Waals surface area contributed by atoms with E-state index in [0.29, 0.717) is 6.54 Å². The molecule has 1 aromatic rings. The van der Waals surface area contributed by atoms with Crippen LogP contribution >= 0.6 is 0 Å². The van der Waals surface area contributed by atoms with Gasteiger partial charge in [0.15, 0.2) is 0 Å². The highest BCUT2D eigenvalue weighted by molar-refractivity contribution is 5.88. The van der Waals surface area contributed by atoms with E-state index in [1.165, 1.54) is 0 Å². The Labute approximate surface area is 113 Å². The van der Waals surface area contributed by atoms with Crippen LogP contribution in [0.2, 0.25) is 0 Å². The molecule has 0 bridgehead atoms. The van der Waals surface area contributed by atoms with E-state index in [1.807, 2.05) is 25.8 Å². The lowest BCUT2D eigenvalue weighted by Crippen LogP contribution is -2.34. The lowest BCUT2D eigenvalue weighted by atomic mass is 10.1. The first-order valence-corrected chi connectivity index (χ1v) is 6.13. The lowest BCUT2D eigenvalue weighted by Gasteiger charge is -2.24. The van der Waals surface area contributed by atoms with Crippen LogP contribution in [-0.4, -0.2) is 37.6 Å². The van der Waals surface area contributed by atoms with Gasteiger partial charge in [0.1, 0.15) is 0 Å². The molecule has 0 heterocycles. The first-order valence-electron chi connectivity index (χ1n) is 6.13. The number of amides is 1. The number of aryl methyl sites for hydroxylation is 1. The predicted molar refractivity (Wildman–Crippen MR) is 74.6 cm³/mol. The van der Waals surface area contributed by atoms with Crippen molar-refractivity contribution in [3.8, 4) is 0 Å². The summed E-state index contributed by atoms with van der Waals surface area (Å²) in [5.74, 6) is -1.07. The standard InChI is InChI=1S/C14H20N2O3/c1-9-7-11(14(18)19)5-6-12(9)16(4)8-10(2)13(17)15-3/h5-7,10H,8H2,1-4H3,(H,15,17)(H,18,19). The highest BCUT2D eigenvalue weighted by atomic mass is 16.4. The zero-order valence-electron chi connectivity index (χ0n) is 11.7. The number of carbonyl (C=O) groups is 2. The molecule has 19 heavy (non-hydrogen) atoms. The first-order chi connectivity index (χ1) is 8.86. The maximum Gasteiger partial charge on any atom is 0.335 e. The minimum atomic E-state index is -0.934. The van der Waals surface area contributed by atoms with Gasteiger partial charge in [-0.3, -0.25) is 4.79 Å². The second-order valence-corrected chi connectivity index (χ2v) is 4.70. The average Bonchev–Trinajstić information content (AvgIpc) is 2.37. The summed E-state index contributed by atoms with van der Waals surface area (Å²) in [5, 5.41) is 11.5. The van der Waals surface area contributed by atoms with Crippen LogP contribution in [0.15, 0.2) is 18.2 Å².